The lowest BCUT2D eigenvalue weighted by Gasteiger charge is -2.16. The number of halogens is 2. The van der Waals surface area contributed by atoms with Crippen molar-refractivity contribution in [2.45, 2.75) is 51.4 Å². The lowest BCUT2D eigenvalue weighted by atomic mass is 9.97. The Morgan fingerprint density at radius 3 is 2.43 bits per heavy atom. The first-order valence-corrected chi connectivity index (χ1v) is 18.1. The number of aliphatic hydroxyl groups is 1. The minimum atomic E-state index is -0.940. The lowest BCUT2D eigenvalue weighted by molar-refractivity contribution is -0.145. The van der Waals surface area contributed by atoms with Gasteiger partial charge in [0.25, 0.3) is 5.56 Å². The molecule has 1 aliphatic rings. The van der Waals surface area contributed by atoms with Gasteiger partial charge in [0, 0.05) is 84.4 Å². The zero-order chi connectivity index (χ0) is 37.5. The van der Waals surface area contributed by atoms with Gasteiger partial charge in [-0.05, 0) is 37.1 Å². The van der Waals surface area contributed by atoms with Crippen LogP contribution in [0.4, 0.5) is 0 Å². The molecule has 2 aromatic carbocycles. The molecule has 0 spiro atoms. The summed E-state index contributed by atoms with van der Waals surface area (Å²) in [5.74, 6) is 0.0797. The molecule has 2 atom stereocenters. The summed E-state index contributed by atoms with van der Waals surface area (Å²) in [4.78, 5) is 45.6. The van der Waals surface area contributed by atoms with E-state index in [0.29, 0.717) is 57.9 Å². The Bertz CT molecular complexity index is 2190. The average molecular weight is 760 g/mol. The van der Waals surface area contributed by atoms with Crippen molar-refractivity contribution in [1.82, 2.24) is 30.3 Å². The second-order valence-corrected chi connectivity index (χ2v) is 13.4. The summed E-state index contributed by atoms with van der Waals surface area (Å²) < 4.78 is 11.9. The number of aromatic nitrogens is 3. The van der Waals surface area contributed by atoms with Crippen molar-refractivity contribution in [3.8, 4) is 39.4 Å². The van der Waals surface area contributed by atoms with Gasteiger partial charge in [0.05, 0.1) is 42.0 Å². The third kappa shape index (κ3) is 8.86. The van der Waals surface area contributed by atoms with E-state index in [4.69, 9.17) is 37.7 Å². The molecule has 5 aromatic rings. The maximum absolute atomic E-state index is 13.2. The third-order valence-electron chi connectivity index (χ3n) is 8.98. The van der Waals surface area contributed by atoms with Gasteiger partial charge in [-0.3, -0.25) is 18.8 Å². The van der Waals surface area contributed by atoms with Gasteiger partial charge in [0.15, 0.2) is 0 Å². The molecule has 6 rings (SSSR count). The Hall–Kier alpha value is -4.85. The molecule has 276 valence electrons. The number of nitrogens with one attached hydrogen (secondary N) is 3. The number of fused-ring (bicyclic) bond motifs is 1. The van der Waals surface area contributed by atoms with Crippen molar-refractivity contribution >= 4 is 40.7 Å². The molecule has 1 fully saturated rings. The zero-order valence-corrected chi connectivity index (χ0v) is 30.8. The second kappa shape index (κ2) is 17.3. The summed E-state index contributed by atoms with van der Waals surface area (Å²) in [5, 5.41) is 20.4. The van der Waals surface area contributed by atoms with Crippen LogP contribution in [-0.4, -0.2) is 70.3 Å². The van der Waals surface area contributed by atoms with Gasteiger partial charge in [-0.15, -0.1) is 0 Å². The Labute approximate surface area is 316 Å². The Morgan fingerprint density at radius 2 is 1.72 bits per heavy atom. The van der Waals surface area contributed by atoms with E-state index in [0.717, 1.165) is 34.2 Å². The second-order valence-electron chi connectivity index (χ2n) is 12.7. The van der Waals surface area contributed by atoms with Crippen LogP contribution >= 0.6 is 23.2 Å². The molecule has 4 heterocycles. The van der Waals surface area contributed by atoms with Crippen molar-refractivity contribution in [2.24, 2.45) is 0 Å². The zero-order valence-electron chi connectivity index (χ0n) is 29.3. The summed E-state index contributed by atoms with van der Waals surface area (Å²) >= 11 is 14.2. The van der Waals surface area contributed by atoms with Crippen LogP contribution in [0.2, 0.25) is 10.0 Å². The molecule has 0 aliphatic carbocycles. The molecule has 14 heteroatoms. The number of hydrogen-bond donors (Lipinski definition) is 4. The summed E-state index contributed by atoms with van der Waals surface area (Å²) in [7, 11) is 1.58. The lowest BCUT2D eigenvalue weighted by Crippen LogP contribution is -2.35. The number of amides is 1. The maximum Gasteiger partial charge on any atom is 0.308 e. The Kier molecular flexibility index (Phi) is 12.4. The number of esters is 1. The minimum Gasteiger partial charge on any atom is -0.481 e. The van der Waals surface area contributed by atoms with Crippen LogP contribution in [0, 0.1) is 0 Å². The largest absolute Gasteiger partial charge is 0.481 e. The number of benzene rings is 2. The predicted octanol–water partition coefficient (Wildman–Crippen LogP) is 5.18. The number of ether oxygens (including phenoxy) is 2. The highest BCUT2D eigenvalue weighted by Crippen LogP contribution is 2.42. The van der Waals surface area contributed by atoms with Crippen molar-refractivity contribution in [1.29, 1.82) is 0 Å². The molecule has 1 saturated heterocycles. The Morgan fingerprint density at radius 1 is 1.00 bits per heavy atom. The number of carbonyl (C=O) groups excluding carboxylic acids is 2. The van der Waals surface area contributed by atoms with Crippen LogP contribution in [0.5, 0.6) is 5.88 Å². The standard InChI is InChI=1S/C39H40Cl2N6O6/c1-3-53-35(50)17-27(48)22-43-19-25-20-44-33-16-23(14-15-47(33)39(25)51)28-6-4-7-29(36(28)40)30-8-5-9-31(37(30)41)32-12-10-24(38(46-32)52-2)18-42-21-26-11-13-34(49)45-26/h4-10,12,14-16,20,26-27,42-43,48H,3,11,13,17-19,21-22H2,1-2H3,(H,45,49)/t26-,27-/m0/s1. The van der Waals surface area contributed by atoms with Crippen molar-refractivity contribution in [3.63, 3.8) is 0 Å². The fourth-order valence-corrected chi connectivity index (χ4v) is 6.96. The van der Waals surface area contributed by atoms with Crippen LogP contribution in [0.15, 0.2) is 77.9 Å². The van der Waals surface area contributed by atoms with Crippen molar-refractivity contribution in [2.75, 3.05) is 26.8 Å². The number of hydrogen-bond acceptors (Lipinski definition) is 10. The van der Waals surface area contributed by atoms with Gasteiger partial charge in [-0.25, -0.2) is 9.97 Å². The van der Waals surface area contributed by atoms with Crippen molar-refractivity contribution in [3.05, 3.63) is 105 Å². The van der Waals surface area contributed by atoms with Gasteiger partial charge in [0.1, 0.15) is 5.65 Å². The van der Waals surface area contributed by atoms with Crippen LogP contribution in [-0.2, 0) is 27.4 Å². The van der Waals surface area contributed by atoms with Crippen LogP contribution in [0.25, 0.3) is 39.2 Å². The first-order valence-electron chi connectivity index (χ1n) is 17.3. The van der Waals surface area contributed by atoms with Crippen LogP contribution in [0.3, 0.4) is 0 Å². The highest BCUT2D eigenvalue weighted by atomic mass is 35.5. The topological polar surface area (TPSA) is 156 Å². The minimum absolute atomic E-state index is 0.0846. The molecule has 53 heavy (non-hydrogen) atoms. The molecular weight excluding hydrogens is 719 g/mol. The van der Waals surface area contributed by atoms with E-state index < -0.39 is 12.1 Å². The van der Waals surface area contributed by atoms with E-state index in [9.17, 15) is 19.5 Å². The molecule has 1 aliphatic heterocycles. The molecule has 0 unspecified atom stereocenters. The van der Waals surface area contributed by atoms with Crippen molar-refractivity contribution < 1.29 is 24.2 Å². The number of nitrogens with zero attached hydrogens (tertiary/aromatic N) is 3. The van der Waals surface area contributed by atoms with Gasteiger partial charge in [-0.2, -0.15) is 0 Å². The van der Waals surface area contributed by atoms with Crippen LogP contribution < -0.4 is 26.2 Å². The number of carbonyl (C=O) groups is 2. The van der Waals surface area contributed by atoms with Crippen LogP contribution in [0.1, 0.15) is 37.3 Å². The SMILES string of the molecule is CCOC(=O)C[C@H](O)CNCc1cnc2cc(-c3cccc(-c4cccc(-c5ccc(CNC[C@@H]6CCC(=O)N6)c(OC)n5)c4Cl)c3Cl)ccn2c1=O. The highest BCUT2D eigenvalue weighted by molar-refractivity contribution is 6.39. The molecule has 4 N–H and O–H groups in total. The smallest absolute Gasteiger partial charge is 0.308 e. The first-order chi connectivity index (χ1) is 25.7. The molecule has 0 saturated carbocycles. The summed E-state index contributed by atoms with van der Waals surface area (Å²) in [6.07, 6.45) is 3.45. The van der Waals surface area contributed by atoms with E-state index in [2.05, 4.69) is 20.9 Å². The van der Waals surface area contributed by atoms with E-state index in [1.54, 1.807) is 32.4 Å². The normalized spacial score (nSPS) is 14.7. The predicted molar refractivity (Wildman–Crippen MR) is 204 cm³/mol. The van der Waals surface area contributed by atoms with E-state index in [1.807, 2.05) is 48.5 Å². The molecule has 12 nitrogen and oxygen atoms in total. The third-order valence-corrected chi connectivity index (χ3v) is 9.80. The number of pyridine rings is 2. The molecule has 0 radical (unpaired) electrons. The first kappa shape index (κ1) is 37.9. The monoisotopic (exact) mass is 758 g/mol. The molecule has 3 aromatic heterocycles. The summed E-state index contributed by atoms with van der Waals surface area (Å²) in [6.45, 7) is 3.41. The average Bonchev–Trinajstić information content (AvgIpc) is 3.57. The maximum atomic E-state index is 13.2. The van der Waals surface area contributed by atoms with Gasteiger partial charge in [-0.1, -0.05) is 65.7 Å². The molecular formula is C39H40Cl2N6O6. The quantitative estimate of drug-likeness (QED) is 0.105. The Balaban J connectivity index is 1.19. The fourth-order valence-electron chi connectivity index (χ4n) is 6.30. The highest BCUT2D eigenvalue weighted by Gasteiger charge is 2.21. The van der Waals surface area contributed by atoms with E-state index in [-0.39, 0.29) is 43.6 Å². The van der Waals surface area contributed by atoms with Gasteiger partial charge in [0.2, 0.25) is 11.8 Å². The number of aliphatic hydroxyl groups excluding tert-OH is 1. The summed E-state index contributed by atoms with van der Waals surface area (Å²) in [6, 6.07) is 19.0. The molecule has 1 amide bonds. The fraction of sp³-hybridized carbons (Fsp3) is 0.308. The van der Waals surface area contributed by atoms with Gasteiger partial charge >= 0.3 is 5.97 Å². The van der Waals surface area contributed by atoms with E-state index >= 15 is 0 Å². The van der Waals surface area contributed by atoms with E-state index in [1.165, 1.54) is 10.6 Å². The molecule has 0 bridgehead atoms. The van der Waals surface area contributed by atoms with Gasteiger partial charge < -0.3 is 30.5 Å². The number of rotatable bonds is 15. The number of methoxy groups -OCH3 is 1. The summed E-state index contributed by atoms with van der Waals surface area (Å²) in [5.41, 5.74) is 5.75.